The van der Waals surface area contributed by atoms with Gasteiger partial charge in [0, 0.05) is 11.2 Å². The van der Waals surface area contributed by atoms with Gasteiger partial charge in [-0.05, 0) is 36.3 Å². The number of fused-ring (bicyclic) bond motifs is 1. The maximum Gasteiger partial charge on any atom is 0.123 e. The van der Waals surface area contributed by atoms with Crippen molar-refractivity contribution in [1.29, 1.82) is 0 Å². The van der Waals surface area contributed by atoms with Crippen molar-refractivity contribution in [1.82, 2.24) is 0 Å². The number of hydrogen-bond acceptors (Lipinski definition) is 1. The number of alkyl halides is 1. The molecule has 0 radical (unpaired) electrons. The fourth-order valence-corrected chi connectivity index (χ4v) is 2.70. The maximum atomic E-state index is 5.96. The first-order valence-corrected chi connectivity index (χ1v) is 7.77. The number of benzene rings is 1. The van der Waals surface area contributed by atoms with Gasteiger partial charge in [-0.25, -0.2) is 0 Å². The third-order valence-corrected chi connectivity index (χ3v) is 5.47. The van der Waals surface area contributed by atoms with Crippen LogP contribution in [0.1, 0.15) is 45.6 Å². The van der Waals surface area contributed by atoms with E-state index in [9.17, 15) is 0 Å². The van der Waals surface area contributed by atoms with Crippen LogP contribution < -0.4 is 4.74 Å². The van der Waals surface area contributed by atoms with Gasteiger partial charge in [-0.15, -0.1) is 0 Å². The molecule has 1 heterocycles. The number of halogens is 1. The SMILES string of the molecule is CC(C)(C)C(Br)CCCC1Cc2ccccc2O1. The predicted molar refractivity (Wildman–Crippen MR) is 80.6 cm³/mol. The van der Waals surface area contributed by atoms with Crippen molar-refractivity contribution in [3.05, 3.63) is 29.8 Å². The Morgan fingerprint density at radius 3 is 2.72 bits per heavy atom. The van der Waals surface area contributed by atoms with Gasteiger partial charge >= 0.3 is 0 Å². The highest BCUT2D eigenvalue weighted by Crippen LogP contribution is 2.33. The largest absolute Gasteiger partial charge is 0.490 e. The Labute approximate surface area is 119 Å². The zero-order chi connectivity index (χ0) is 13.2. The van der Waals surface area contributed by atoms with Crippen LogP contribution in [0.15, 0.2) is 24.3 Å². The van der Waals surface area contributed by atoms with Crippen LogP contribution in [0, 0.1) is 5.41 Å². The normalized spacial score (nSPS) is 20.3. The maximum absolute atomic E-state index is 5.96. The van der Waals surface area contributed by atoms with E-state index < -0.39 is 0 Å². The van der Waals surface area contributed by atoms with Crippen LogP contribution in [0.5, 0.6) is 5.75 Å². The average molecular weight is 311 g/mol. The molecule has 1 aliphatic heterocycles. The summed E-state index contributed by atoms with van der Waals surface area (Å²) in [4.78, 5) is 0.591. The minimum Gasteiger partial charge on any atom is -0.490 e. The van der Waals surface area contributed by atoms with E-state index >= 15 is 0 Å². The molecule has 0 saturated carbocycles. The molecule has 0 fully saturated rings. The summed E-state index contributed by atoms with van der Waals surface area (Å²) in [6.45, 7) is 6.86. The Balaban J connectivity index is 1.74. The third-order valence-electron chi connectivity index (χ3n) is 3.64. The molecular formula is C16H23BrO. The predicted octanol–water partition coefficient (Wildman–Crippen LogP) is 4.97. The summed E-state index contributed by atoms with van der Waals surface area (Å²) < 4.78 is 5.96. The smallest absolute Gasteiger partial charge is 0.123 e. The molecule has 2 heteroatoms. The Kier molecular flexibility index (Phi) is 4.37. The quantitative estimate of drug-likeness (QED) is 0.713. The topological polar surface area (TPSA) is 9.23 Å². The van der Waals surface area contributed by atoms with Crippen LogP contribution in [0.4, 0.5) is 0 Å². The second kappa shape index (κ2) is 5.64. The van der Waals surface area contributed by atoms with Crippen molar-refractivity contribution >= 4 is 15.9 Å². The van der Waals surface area contributed by atoms with Gasteiger partial charge in [0.05, 0.1) is 0 Å². The van der Waals surface area contributed by atoms with Crippen LogP contribution >= 0.6 is 15.9 Å². The molecule has 1 nitrogen and oxygen atoms in total. The zero-order valence-electron chi connectivity index (χ0n) is 11.6. The molecule has 0 aromatic heterocycles. The number of rotatable bonds is 4. The van der Waals surface area contributed by atoms with Crippen molar-refractivity contribution < 1.29 is 4.74 Å². The Bertz CT molecular complexity index is 369. The minimum atomic E-state index is 0.347. The van der Waals surface area contributed by atoms with Gasteiger partial charge in [-0.2, -0.15) is 0 Å². The first-order valence-electron chi connectivity index (χ1n) is 6.85. The Morgan fingerprint density at radius 2 is 2.06 bits per heavy atom. The lowest BCUT2D eigenvalue weighted by Gasteiger charge is -2.25. The highest BCUT2D eigenvalue weighted by atomic mass is 79.9. The minimum absolute atomic E-state index is 0.347. The van der Waals surface area contributed by atoms with Crippen molar-refractivity contribution in [2.75, 3.05) is 0 Å². The van der Waals surface area contributed by atoms with Crippen LogP contribution in [-0.2, 0) is 6.42 Å². The summed E-state index contributed by atoms with van der Waals surface area (Å²) in [5, 5.41) is 0. The number of para-hydroxylation sites is 1. The van der Waals surface area contributed by atoms with Crippen LogP contribution in [-0.4, -0.2) is 10.9 Å². The molecule has 2 atom stereocenters. The van der Waals surface area contributed by atoms with Gasteiger partial charge in [-0.1, -0.05) is 54.9 Å². The molecule has 2 rings (SSSR count). The fourth-order valence-electron chi connectivity index (χ4n) is 2.37. The van der Waals surface area contributed by atoms with Gasteiger partial charge in [0.25, 0.3) is 0 Å². The molecule has 2 unspecified atom stereocenters. The zero-order valence-corrected chi connectivity index (χ0v) is 13.2. The Morgan fingerprint density at radius 1 is 1.33 bits per heavy atom. The lowest BCUT2D eigenvalue weighted by molar-refractivity contribution is 0.214. The third kappa shape index (κ3) is 3.50. The van der Waals surface area contributed by atoms with E-state index in [0.29, 0.717) is 16.3 Å². The van der Waals surface area contributed by atoms with E-state index in [-0.39, 0.29) is 0 Å². The molecule has 0 bridgehead atoms. The molecule has 0 saturated heterocycles. The molecule has 1 aromatic carbocycles. The Hall–Kier alpha value is -0.500. The lowest BCUT2D eigenvalue weighted by atomic mass is 9.89. The molecule has 1 aromatic rings. The molecule has 0 N–H and O–H groups in total. The molecule has 18 heavy (non-hydrogen) atoms. The number of ether oxygens (including phenoxy) is 1. The summed E-state index contributed by atoms with van der Waals surface area (Å²) in [6, 6.07) is 8.41. The van der Waals surface area contributed by atoms with E-state index in [1.165, 1.54) is 18.4 Å². The van der Waals surface area contributed by atoms with Crippen molar-refractivity contribution in [2.24, 2.45) is 5.41 Å². The van der Waals surface area contributed by atoms with Gasteiger partial charge in [-0.3, -0.25) is 0 Å². The van der Waals surface area contributed by atoms with Gasteiger partial charge in [0.1, 0.15) is 11.9 Å². The van der Waals surface area contributed by atoms with E-state index in [1.807, 2.05) is 0 Å². The van der Waals surface area contributed by atoms with Crippen LogP contribution in [0.25, 0.3) is 0 Å². The molecule has 100 valence electrons. The number of hydrogen-bond donors (Lipinski definition) is 0. The summed E-state index contributed by atoms with van der Waals surface area (Å²) in [5.74, 6) is 1.09. The first-order chi connectivity index (χ1) is 8.47. The van der Waals surface area contributed by atoms with Gasteiger partial charge in [0.15, 0.2) is 0 Å². The van der Waals surface area contributed by atoms with Crippen LogP contribution in [0.3, 0.4) is 0 Å². The summed E-state index contributed by atoms with van der Waals surface area (Å²) in [7, 11) is 0. The van der Waals surface area contributed by atoms with Gasteiger partial charge < -0.3 is 4.74 Å². The standard InChI is InChI=1S/C16H23BrO/c1-16(2,3)15(17)10-6-8-13-11-12-7-4-5-9-14(12)18-13/h4-5,7,9,13,15H,6,8,10-11H2,1-3H3. The average Bonchev–Trinajstić information content (AvgIpc) is 2.70. The van der Waals surface area contributed by atoms with E-state index in [1.54, 1.807) is 0 Å². The van der Waals surface area contributed by atoms with E-state index in [2.05, 4.69) is 61.0 Å². The summed E-state index contributed by atoms with van der Waals surface area (Å²) in [5.41, 5.74) is 1.72. The van der Waals surface area contributed by atoms with Crippen molar-refractivity contribution in [3.63, 3.8) is 0 Å². The monoisotopic (exact) mass is 310 g/mol. The fraction of sp³-hybridized carbons (Fsp3) is 0.625. The highest BCUT2D eigenvalue weighted by Gasteiger charge is 2.24. The van der Waals surface area contributed by atoms with E-state index in [4.69, 9.17) is 4.74 Å². The second-order valence-corrected chi connectivity index (χ2v) is 7.42. The second-order valence-electron chi connectivity index (χ2n) is 6.32. The lowest BCUT2D eigenvalue weighted by Crippen LogP contribution is -2.21. The highest BCUT2D eigenvalue weighted by molar-refractivity contribution is 9.09. The summed E-state index contributed by atoms with van der Waals surface area (Å²) >= 11 is 3.80. The molecular weight excluding hydrogens is 288 g/mol. The van der Waals surface area contributed by atoms with E-state index in [0.717, 1.165) is 18.6 Å². The van der Waals surface area contributed by atoms with Gasteiger partial charge in [0.2, 0.25) is 0 Å². The first kappa shape index (κ1) is 13.9. The van der Waals surface area contributed by atoms with Crippen LogP contribution in [0.2, 0.25) is 0 Å². The molecule has 0 spiro atoms. The molecule has 0 aliphatic carbocycles. The summed E-state index contributed by atoms with van der Waals surface area (Å²) in [6.07, 6.45) is 5.08. The van der Waals surface area contributed by atoms with Crippen molar-refractivity contribution in [3.8, 4) is 5.75 Å². The van der Waals surface area contributed by atoms with Crippen molar-refractivity contribution in [2.45, 2.75) is 57.4 Å². The molecule has 1 aliphatic rings. The molecule has 0 amide bonds.